The molecule has 0 unspecified atom stereocenters. The molecule has 0 fully saturated rings. The van der Waals surface area contributed by atoms with Crippen LogP contribution in [0.25, 0.3) is 0 Å². The third-order valence-corrected chi connectivity index (χ3v) is 4.54. The predicted octanol–water partition coefficient (Wildman–Crippen LogP) is 4.49. The summed E-state index contributed by atoms with van der Waals surface area (Å²) >= 11 is 0. The summed E-state index contributed by atoms with van der Waals surface area (Å²) in [5.41, 5.74) is 4.72. The highest BCUT2D eigenvalue weighted by atomic mass is 16.5. The molecule has 0 bridgehead atoms. The van der Waals surface area contributed by atoms with Gasteiger partial charge in [-0.25, -0.2) is 0 Å². The lowest BCUT2D eigenvalue weighted by molar-refractivity contribution is 0.0950. The fourth-order valence-electron chi connectivity index (χ4n) is 3.04. The van der Waals surface area contributed by atoms with Gasteiger partial charge in [0.25, 0.3) is 5.91 Å². The topological polar surface area (TPSA) is 54.5 Å². The lowest BCUT2D eigenvalue weighted by atomic mass is 10.1. The average molecular weight is 375 g/mol. The zero-order chi connectivity index (χ0) is 19.9. The molecule has 0 atom stereocenters. The number of nitrogens with zero attached hydrogens (tertiary/aromatic N) is 2. The number of aryl methyl sites for hydroxylation is 1. The van der Waals surface area contributed by atoms with Gasteiger partial charge in [0, 0.05) is 25.0 Å². The maximum absolute atomic E-state index is 12.6. The van der Waals surface area contributed by atoms with Crippen LogP contribution in [0.3, 0.4) is 0 Å². The Balaban J connectivity index is 1.73. The molecule has 0 saturated carbocycles. The van der Waals surface area contributed by atoms with E-state index in [1.807, 2.05) is 36.4 Å². The van der Waals surface area contributed by atoms with E-state index in [1.54, 1.807) is 19.5 Å². The van der Waals surface area contributed by atoms with Crippen LogP contribution in [0.5, 0.6) is 5.75 Å². The molecule has 0 aliphatic carbocycles. The Hall–Kier alpha value is -3.34. The Morgan fingerprint density at radius 2 is 1.86 bits per heavy atom. The highest BCUT2D eigenvalue weighted by Crippen LogP contribution is 2.25. The molecule has 0 radical (unpaired) electrons. The zero-order valence-electron chi connectivity index (χ0n) is 16.5. The van der Waals surface area contributed by atoms with E-state index < -0.39 is 0 Å². The van der Waals surface area contributed by atoms with Crippen LogP contribution in [-0.4, -0.2) is 24.5 Å². The second kappa shape index (κ2) is 9.04. The van der Waals surface area contributed by atoms with Crippen LogP contribution in [0.4, 0.5) is 11.4 Å². The smallest absolute Gasteiger partial charge is 0.253 e. The third kappa shape index (κ3) is 4.68. The van der Waals surface area contributed by atoms with Gasteiger partial charge in [-0.2, -0.15) is 0 Å². The van der Waals surface area contributed by atoms with Crippen LogP contribution < -0.4 is 15.0 Å². The number of ether oxygens (including phenoxy) is 1. The summed E-state index contributed by atoms with van der Waals surface area (Å²) in [5, 5.41) is 2.95. The molecule has 0 aliphatic rings. The maximum Gasteiger partial charge on any atom is 0.253 e. The Labute approximate surface area is 166 Å². The van der Waals surface area contributed by atoms with Crippen molar-refractivity contribution < 1.29 is 9.53 Å². The van der Waals surface area contributed by atoms with Crippen molar-refractivity contribution in [2.24, 2.45) is 0 Å². The first kappa shape index (κ1) is 19.4. The van der Waals surface area contributed by atoms with E-state index in [0.29, 0.717) is 12.1 Å². The van der Waals surface area contributed by atoms with Crippen molar-refractivity contribution in [1.29, 1.82) is 0 Å². The molecule has 1 amide bonds. The van der Waals surface area contributed by atoms with E-state index in [-0.39, 0.29) is 5.91 Å². The number of pyridine rings is 1. The van der Waals surface area contributed by atoms with E-state index in [9.17, 15) is 4.79 Å². The summed E-state index contributed by atoms with van der Waals surface area (Å²) in [5.74, 6) is 0.647. The maximum atomic E-state index is 12.6. The monoisotopic (exact) mass is 375 g/mol. The van der Waals surface area contributed by atoms with E-state index in [2.05, 4.69) is 47.2 Å². The van der Waals surface area contributed by atoms with E-state index in [1.165, 1.54) is 5.56 Å². The van der Waals surface area contributed by atoms with Crippen LogP contribution in [0, 0.1) is 6.92 Å². The molecule has 1 heterocycles. The first-order chi connectivity index (χ1) is 13.6. The molecule has 1 N–H and O–H groups in total. The number of rotatable bonds is 7. The number of methoxy groups -OCH3 is 1. The number of carbonyl (C=O) groups excluding carboxylic acids is 1. The Morgan fingerprint density at radius 3 is 2.54 bits per heavy atom. The van der Waals surface area contributed by atoms with Crippen molar-refractivity contribution in [3.63, 3.8) is 0 Å². The Morgan fingerprint density at radius 1 is 1.07 bits per heavy atom. The molecule has 5 heteroatoms. The Bertz CT molecular complexity index is 939. The van der Waals surface area contributed by atoms with Gasteiger partial charge >= 0.3 is 0 Å². The minimum atomic E-state index is -0.148. The van der Waals surface area contributed by atoms with Gasteiger partial charge in [0.2, 0.25) is 0 Å². The number of carbonyl (C=O) groups is 1. The fraction of sp³-hybridized carbons (Fsp3) is 0.217. The number of hydrogen-bond acceptors (Lipinski definition) is 4. The summed E-state index contributed by atoms with van der Waals surface area (Å²) in [6, 6.07) is 17.8. The van der Waals surface area contributed by atoms with Gasteiger partial charge in [0.1, 0.15) is 5.75 Å². The number of hydrogen-bond donors (Lipinski definition) is 1. The highest BCUT2D eigenvalue weighted by Gasteiger charge is 2.12. The second-order valence-corrected chi connectivity index (χ2v) is 6.55. The SMILES string of the molecule is CCN(c1cccc(C)c1)c1cncc(C(=O)NCc2ccc(OC)cc2)c1. The van der Waals surface area contributed by atoms with Gasteiger partial charge in [-0.3, -0.25) is 9.78 Å². The molecular formula is C23H25N3O2. The highest BCUT2D eigenvalue weighted by molar-refractivity contribution is 5.94. The molecule has 0 aliphatic heterocycles. The van der Waals surface area contributed by atoms with E-state index >= 15 is 0 Å². The zero-order valence-corrected chi connectivity index (χ0v) is 16.5. The van der Waals surface area contributed by atoms with Gasteiger partial charge in [-0.1, -0.05) is 24.3 Å². The largest absolute Gasteiger partial charge is 0.497 e. The van der Waals surface area contributed by atoms with Gasteiger partial charge in [0.15, 0.2) is 0 Å². The Kier molecular flexibility index (Phi) is 6.27. The molecule has 5 nitrogen and oxygen atoms in total. The molecule has 0 spiro atoms. The van der Waals surface area contributed by atoms with Gasteiger partial charge in [0.05, 0.1) is 24.6 Å². The molecule has 3 rings (SSSR count). The van der Waals surface area contributed by atoms with Gasteiger partial charge < -0.3 is 15.0 Å². The summed E-state index contributed by atoms with van der Waals surface area (Å²) < 4.78 is 5.15. The summed E-state index contributed by atoms with van der Waals surface area (Å²) in [6.07, 6.45) is 3.38. The van der Waals surface area contributed by atoms with E-state index in [4.69, 9.17) is 4.74 Å². The normalized spacial score (nSPS) is 10.4. The minimum Gasteiger partial charge on any atom is -0.497 e. The van der Waals surface area contributed by atoms with Crippen LogP contribution in [0.1, 0.15) is 28.4 Å². The van der Waals surface area contributed by atoms with Crippen LogP contribution in [0.15, 0.2) is 67.0 Å². The van der Waals surface area contributed by atoms with Crippen molar-refractivity contribution in [1.82, 2.24) is 10.3 Å². The average Bonchev–Trinajstić information content (AvgIpc) is 2.73. The third-order valence-electron chi connectivity index (χ3n) is 4.54. The fourth-order valence-corrected chi connectivity index (χ4v) is 3.04. The van der Waals surface area contributed by atoms with Crippen molar-refractivity contribution >= 4 is 17.3 Å². The summed E-state index contributed by atoms with van der Waals surface area (Å²) in [6.45, 7) is 5.38. The molecule has 3 aromatic rings. The molecular weight excluding hydrogens is 350 g/mol. The number of aromatic nitrogens is 1. The van der Waals surface area contributed by atoms with Crippen molar-refractivity contribution in [3.8, 4) is 5.75 Å². The molecule has 1 aromatic heterocycles. The predicted molar refractivity (Wildman–Crippen MR) is 112 cm³/mol. The van der Waals surface area contributed by atoms with E-state index in [0.717, 1.165) is 29.2 Å². The first-order valence-electron chi connectivity index (χ1n) is 9.31. The number of benzene rings is 2. The lowest BCUT2D eigenvalue weighted by Gasteiger charge is -2.23. The number of anilines is 2. The first-order valence-corrected chi connectivity index (χ1v) is 9.31. The van der Waals surface area contributed by atoms with Gasteiger partial charge in [-0.05, 0) is 55.3 Å². The lowest BCUT2D eigenvalue weighted by Crippen LogP contribution is -2.24. The minimum absolute atomic E-state index is 0.148. The van der Waals surface area contributed by atoms with Crippen molar-refractivity contribution in [3.05, 3.63) is 83.7 Å². The van der Waals surface area contributed by atoms with Crippen molar-refractivity contribution in [2.45, 2.75) is 20.4 Å². The van der Waals surface area contributed by atoms with Crippen LogP contribution >= 0.6 is 0 Å². The molecule has 144 valence electrons. The summed E-state index contributed by atoms with van der Waals surface area (Å²) in [4.78, 5) is 19.0. The second-order valence-electron chi connectivity index (χ2n) is 6.55. The van der Waals surface area contributed by atoms with Gasteiger partial charge in [-0.15, -0.1) is 0 Å². The molecule has 2 aromatic carbocycles. The quantitative estimate of drug-likeness (QED) is 0.661. The molecule has 28 heavy (non-hydrogen) atoms. The van der Waals surface area contributed by atoms with Crippen LogP contribution in [-0.2, 0) is 6.54 Å². The summed E-state index contributed by atoms with van der Waals surface area (Å²) in [7, 11) is 1.63. The van der Waals surface area contributed by atoms with Crippen molar-refractivity contribution in [2.75, 3.05) is 18.6 Å². The molecule has 0 saturated heterocycles. The standard InChI is InChI=1S/C23H25N3O2/c1-4-26(20-7-5-6-17(2)12-20)21-13-19(15-24-16-21)23(27)25-14-18-8-10-22(28-3)11-9-18/h5-13,15-16H,4,14H2,1-3H3,(H,25,27). The number of amides is 1. The van der Waals surface area contributed by atoms with Crippen LogP contribution in [0.2, 0.25) is 0 Å². The number of nitrogens with one attached hydrogen (secondary N) is 1.